The summed E-state index contributed by atoms with van der Waals surface area (Å²) < 4.78 is 10.8. The third kappa shape index (κ3) is 4.26. The highest BCUT2D eigenvalue weighted by molar-refractivity contribution is 4.94. The van der Waals surface area contributed by atoms with E-state index in [0.29, 0.717) is 30.7 Å². The summed E-state index contributed by atoms with van der Waals surface area (Å²) in [5.41, 5.74) is 0. The predicted octanol–water partition coefficient (Wildman–Crippen LogP) is 1.02. The Bertz CT molecular complexity index is 394. The molecule has 108 valence electrons. The number of morpholine rings is 1. The molecule has 1 aromatic heterocycles. The molecule has 1 N–H and O–H groups in total. The fraction of sp³-hybridized carbons (Fsp3) is 0.846. The van der Waals surface area contributed by atoms with E-state index in [2.05, 4.69) is 28.9 Å². The molecular weight excluding hydrogens is 246 g/mol. The minimum atomic E-state index is -0.428. The third-order valence-corrected chi connectivity index (χ3v) is 3.20. The van der Waals surface area contributed by atoms with Gasteiger partial charge in [0.25, 0.3) is 0 Å². The Morgan fingerprint density at radius 1 is 1.47 bits per heavy atom. The molecule has 0 saturated carbocycles. The van der Waals surface area contributed by atoms with E-state index in [1.165, 1.54) is 0 Å². The lowest BCUT2D eigenvalue weighted by molar-refractivity contribution is -0.0264. The average molecular weight is 269 g/mol. The van der Waals surface area contributed by atoms with Crippen LogP contribution in [0.25, 0.3) is 0 Å². The second-order valence-electron chi connectivity index (χ2n) is 5.66. The zero-order chi connectivity index (χ0) is 13.8. The van der Waals surface area contributed by atoms with Crippen molar-refractivity contribution in [3.63, 3.8) is 0 Å². The Morgan fingerprint density at radius 2 is 2.26 bits per heavy atom. The second-order valence-corrected chi connectivity index (χ2v) is 5.66. The molecule has 6 heteroatoms. The number of aromatic nitrogens is 2. The molecule has 1 saturated heterocycles. The number of aliphatic hydroxyl groups excluding tert-OH is 1. The smallest absolute Gasteiger partial charge is 0.229 e. The number of ether oxygens (including phenoxy) is 1. The molecule has 2 unspecified atom stereocenters. The zero-order valence-corrected chi connectivity index (χ0v) is 11.9. The molecule has 1 aromatic rings. The molecule has 2 rings (SSSR count). The van der Waals surface area contributed by atoms with Crippen LogP contribution < -0.4 is 0 Å². The Hall–Kier alpha value is -0.980. The normalized spacial score (nSPS) is 22.9. The van der Waals surface area contributed by atoms with Crippen LogP contribution in [0.2, 0.25) is 0 Å². The lowest BCUT2D eigenvalue weighted by atomic mass is 10.0. The van der Waals surface area contributed by atoms with Crippen LogP contribution in [0.1, 0.15) is 38.1 Å². The minimum Gasteiger partial charge on any atom is -0.393 e. The molecule has 1 aliphatic rings. The maximum Gasteiger partial charge on any atom is 0.229 e. The van der Waals surface area contributed by atoms with E-state index in [0.717, 1.165) is 19.5 Å². The Labute approximate surface area is 113 Å². The molecule has 19 heavy (non-hydrogen) atoms. The summed E-state index contributed by atoms with van der Waals surface area (Å²) in [5, 5.41) is 13.8. The third-order valence-electron chi connectivity index (χ3n) is 3.20. The first-order valence-electron chi connectivity index (χ1n) is 6.85. The van der Waals surface area contributed by atoms with Gasteiger partial charge in [-0.05, 0) is 19.4 Å². The van der Waals surface area contributed by atoms with Crippen LogP contribution in [0, 0.1) is 5.92 Å². The van der Waals surface area contributed by atoms with Gasteiger partial charge in [-0.15, -0.1) is 0 Å². The molecule has 1 fully saturated rings. The van der Waals surface area contributed by atoms with Crippen LogP contribution in [0.3, 0.4) is 0 Å². The molecule has 0 radical (unpaired) electrons. The molecule has 0 aromatic carbocycles. The van der Waals surface area contributed by atoms with Crippen molar-refractivity contribution < 1.29 is 14.4 Å². The number of hydrogen-bond donors (Lipinski definition) is 1. The highest BCUT2D eigenvalue weighted by Gasteiger charge is 2.24. The second kappa shape index (κ2) is 6.45. The summed E-state index contributed by atoms with van der Waals surface area (Å²) in [7, 11) is 2.04. The van der Waals surface area contributed by atoms with Crippen molar-refractivity contribution in [2.75, 3.05) is 26.7 Å². The first-order valence-corrected chi connectivity index (χ1v) is 6.85. The van der Waals surface area contributed by atoms with Gasteiger partial charge in [0.2, 0.25) is 11.7 Å². The van der Waals surface area contributed by atoms with Gasteiger partial charge >= 0.3 is 0 Å². The van der Waals surface area contributed by atoms with Crippen LogP contribution in [0.15, 0.2) is 4.52 Å². The molecule has 2 atom stereocenters. The van der Waals surface area contributed by atoms with Crippen molar-refractivity contribution in [3.05, 3.63) is 11.7 Å². The number of likely N-dealkylation sites (N-methyl/N-ethyl adjacent to an activating group) is 1. The first-order chi connectivity index (χ1) is 9.04. The lowest BCUT2D eigenvalue weighted by Gasteiger charge is -2.27. The quantitative estimate of drug-likeness (QED) is 0.860. The standard InChI is InChI=1S/C13H23N3O3/c1-9(2)6-10(17)7-12-14-13(15-19-12)11-8-16(3)4-5-18-11/h9-11,17H,4-8H2,1-3H3. The summed E-state index contributed by atoms with van der Waals surface area (Å²) in [6, 6.07) is 0. The van der Waals surface area contributed by atoms with E-state index in [1.54, 1.807) is 0 Å². The van der Waals surface area contributed by atoms with Crippen LogP contribution in [-0.2, 0) is 11.2 Å². The van der Waals surface area contributed by atoms with Crippen LogP contribution in [0.5, 0.6) is 0 Å². The number of aliphatic hydroxyl groups is 1. The largest absolute Gasteiger partial charge is 0.393 e. The average Bonchev–Trinajstić information content (AvgIpc) is 2.76. The van der Waals surface area contributed by atoms with E-state index in [-0.39, 0.29) is 6.10 Å². The van der Waals surface area contributed by atoms with Gasteiger partial charge in [0, 0.05) is 13.1 Å². The molecule has 2 heterocycles. The van der Waals surface area contributed by atoms with E-state index >= 15 is 0 Å². The SMILES string of the molecule is CC(C)CC(O)Cc1nc(C2CN(C)CCO2)no1. The van der Waals surface area contributed by atoms with Gasteiger partial charge < -0.3 is 19.3 Å². The predicted molar refractivity (Wildman–Crippen MR) is 69.7 cm³/mol. The maximum absolute atomic E-state index is 9.87. The lowest BCUT2D eigenvalue weighted by Crippen LogP contribution is -2.35. The summed E-state index contributed by atoms with van der Waals surface area (Å²) in [6.45, 7) is 6.53. The van der Waals surface area contributed by atoms with Crippen LogP contribution in [-0.4, -0.2) is 53.0 Å². The minimum absolute atomic E-state index is 0.126. The van der Waals surface area contributed by atoms with Gasteiger partial charge in [-0.2, -0.15) is 4.98 Å². The molecule has 0 aliphatic carbocycles. The molecule has 6 nitrogen and oxygen atoms in total. The van der Waals surface area contributed by atoms with Crippen molar-refractivity contribution in [2.24, 2.45) is 5.92 Å². The molecule has 0 amide bonds. The zero-order valence-electron chi connectivity index (χ0n) is 11.9. The van der Waals surface area contributed by atoms with Gasteiger partial charge in [-0.1, -0.05) is 19.0 Å². The molecular formula is C13H23N3O3. The topological polar surface area (TPSA) is 71.6 Å². The van der Waals surface area contributed by atoms with Crippen LogP contribution in [0.4, 0.5) is 0 Å². The van der Waals surface area contributed by atoms with Crippen molar-refractivity contribution >= 4 is 0 Å². The Morgan fingerprint density at radius 3 is 2.95 bits per heavy atom. The summed E-state index contributed by atoms with van der Waals surface area (Å²) in [4.78, 5) is 6.50. The molecule has 1 aliphatic heterocycles. The van der Waals surface area contributed by atoms with Gasteiger partial charge in [-0.25, -0.2) is 0 Å². The van der Waals surface area contributed by atoms with Gasteiger partial charge in [0.15, 0.2) is 0 Å². The fourth-order valence-corrected chi connectivity index (χ4v) is 2.24. The number of hydrogen-bond acceptors (Lipinski definition) is 6. The van der Waals surface area contributed by atoms with E-state index in [9.17, 15) is 5.11 Å². The van der Waals surface area contributed by atoms with Gasteiger partial charge in [-0.3, -0.25) is 0 Å². The molecule has 0 bridgehead atoms. The Kier molecular flexibility index (Phi) is 4.90. The summed E-state index contributed by atoms with van der Waals surface area (Å²) in [6.07, 6.45) is 0.593. The summed E-state index contributed by atoms with van der Waals surface area (Å²) >= 11 is 0. The summed E-state index contributed by atoms with van der Waals surface area (Å²) in [5.74, 6) is 1.52. The van der Waals surface area contributed by atoms with Crippen molar-refractivity contribution in [1.82, 2.24) is 15.0 Å². The number of nitrogens with zero attached hydrogens (tertiary/aromatic N) is 3. The van der Waals surface area contributed by atoms with Crippen molar-refractivity contribution in [3.8, 4) is 0 Å². The fourth-order valence-electron chi connectivity index (χ4n) is 2.24. The molecule has 0 spiro atoms. The maximum atomic E-state index is 9.87. The van der Waals surface area contributed by atoms with Crippen molar-refractivity contribution in [1.29, 1.82) is 0 Å². The monoisotopic (exact) mass is 269 g/mol. The first kappa shape index (κ1) is 14.4. The van der Waals surface area contributed by atoms with E-state index in [1.807, 2.05) is 7.05 Å². The van der Waals surface area contributed by atoms with E-state index in [4.69, 9.17) is 9.26 Å². The Balaban J connectivity index is 1.91. The van der Waals surface area contributed by atoms with Crippen molar-refractivity contribution in [2.45, 2.75) is 38.9 Å². The highest BCUT2D eigenvalue weighted by atomic mass is 16.5. The highest BCUT2D eigenvalue weighted by Crippen LogP contribution is 2.19. The van der Waals surface area contributed by atoms with Gasteiger partial charge in [0.05, 0.1) is 19.1 Å². The number of rotatable bonds is 5. The van der Waals surface area contributed by atoms with E-state index < -0.39 is 6.10 Å². The van der Waals surface area contributed by atoms with Crippen LogP contribution >= 0.6 is 0 Å². The van der Waals surface area contributed by atoms with Gasteiger partial charge in [0.1, 0.15) is 6.10 Å².